The highest BCUT2D eigenvalue weighted by Gasteiger charge is 2.34. The molecule has 1 saturated heterocycles. The van der Waals surface area contributed by atoms with Gasteiger partial charge in [-0.25, -0.2) is 0 Å². The standard InChI is InChI=1S/C15H28BrNO/c1-2-18-14-7-6-10-17(11-14)13-15(12-16)8-4-3-5-9-15/h14H,2-13H2,1H3. The summed E-state index contributed by atoms with van der Waals surface area (Å²) in [5, 5.41) is 1.18. The van der Waals surface area contributed by atoms with Gasteiger partial charge in [0, 0.05) is 25.0 Å². The Bertz CT molecular complexity index is 239. The van der Waals surface area contributed by atoms with Gasteiger partial charge in [-0.05, 0) is 44.6 Å². The summed E-state index contributed by atoms with van der Waals surface area (Å²) in [6, 6.07) is 0. The van der Waals surface area contributed by atoms with E-state index in [1.807, 2.05) is 0 Å². The molecule has 1 saturated carbocycles. The van der Waals surface area contributed by atoms with E-state index in [0.29, 0.717) is 11.5 Å². The first-order valence-corrected chi connectivity index (χ1v) is 8.80. The number of piperidine rings is 1. The first kappa shape index (κ1) is 14.8. The van der Waals surface area contributed by atoms with Crippen molar-refractivity contribution in [2.24, 2.45) is 5.41 Å². The van der Waals surface area contributed by atoms with Gasteiger partial charge in [-0.15, -0.1) is 0 Å². The number of ether oxygens (including phenoxy) is 1. The lowest BCUT2D eigenvalue weighted by molar-refractivity contribution is -0.00840. The maximum atomic E-state index is 5.82. The lowest BCUT2D eigenvalue weighted by atomic mass is 9.75. The third-order valence-electron chi connectivity index (χ3n) is 4.62. The summed E-state index contributed by atoms with van der Waals surface area (Å²) in [7, 11) is 0. The molecule has 2 nitrogen and oxygen atoms in total. The molecule has 1 unspecified atom stereocenters. The third kappa shape index (κ3) is 3.94. The molecule has 0 aromatic heterocycles. The molecule has 18 heavy (non-hydrogen) atoms. The Morgan fingerprint density at radius 1 is 1.22 bits per heavy atom. The number of likely N-dealkylation sites (tertiary alicyclic amines) is 1. The van der Waals surface area contributed by atoms with Crippen LogP contribution in [0, 0.1) is 5.41 Å². The van der Waals surface area contributed by atoms with Crippen LogP contribution >= 0.6 is 15.9 Å². The van der Waals surface area contributed by atoms with Crippen LogP contribution in [-0.4, -0.2) is 42.6 Å². The van der Waals surface area contributed by atoms with Crippen molar-refractivity contribution in [3.05, 3.63) is 0 Å². The maximum Gasteiger partial charge on any atom is 0.0702 e. The highest BCUT2D eigenvalue weighted by molar-refractivity contribution is 9.09. The van der Waals surface area contributed by atoms with Gasteiger partial charge in [0.05, 0.1) is 6.10 Å². The van der Waals surface area contributed by atoms with E-state index < -0.39 is 0 Å². The van der Waals surface area contributed by atoms with Gasteiger partial charge < -0.3 is 9.64 Å². The Balaban J connectivity index is 1.86. The highest BCUT2D eigenvalue weighted by Crippen LogP contribution is 2.39. The van der Waals surface area contributed by atoms with Crippen molar-refractivity contribution in [3.8, 4) is 0 Å². The molecule has 2 rings (SSSR count). The summed E-state index contributed by atoms with van der Waals surface area (Å²) < 4.78 is 5.82. The van der Waals surface area contributed by atoms with Crippen molar-refractivity contribution >= 4 is 15.9 Å². The molecule has 0 N–H and O–H groups in total. The first-order valence-electron chi connectivity index (χ1n) is 7.68. The van der Waals surface area contributed by atoms with Gasteiger partial charge >= 0.3 is 0 Å². The molecule has 1 aliphatic heterocycles. The fourth-order valence-corrected chi connectivity index (χ4v) is 4.38. The topological polar surface area (TPSA) is 12.5 Å². The summed E-state index contributed by atoms with van der Waals surface area (Å²) in [5.74, 6) is 0. The summed E-state index contributed by atoms with van der Waals surface area (Å²) >= 11 is 3.78. The monoisotopic (exact) mass is 317 g/mol. The van der Waals surface area contributed by atoms with Gasteiger partial charge in [-0.3, -0.25) is 0 Å². The van der Waals surface area contributed by atoms with Crippen LogP contribution in [0.3, 0.4) is 0 Å². The van der Waals surface area contributed by atoms with E-state index in [-0.39, 0.29) is 0 Å². The van der Waals surface area contributed by atoms with Gasteiger partial charge in [0.2, 0.25) is 0 Å². The third-order valence-corrected chi connectivity index (χ3v) is 5.81. The Morgan fingerprint density at radius 3 is 2.67 bits per heavy atom. The molecule has 0 aromatic rings. The number of nitrogens with zero attached hydrogens (tertiary/aromatic N) is 1. The minimum Gasteiger partial charge on any atom is -0.377 e. The smallest absolute Gasteiger partial charge is 0.0702 e. The summed E-state index contributed by atoms with van der Waals surface area (Å²) in [5.41, 5.74) is 0.548. The number of halogens is 1. The first-order chi connectivity index (χ1) is 8.78. The molecule has 0 aromatic carbocycles. The van der Waals surface area contributed by atoms with Crippen molar-refractivity contribution in [1.29, 1.82) is 0 Å². The van der Waals surface area contributed by atoms with Crippen molar-refractivity contribution in [2.75, 3.05) is 31.6 Å². The van der Waals surface area contributed by atoms with Crippen LogP contribution in [0.1, 0.15) is 51.9 Å². The molecule has 0 bridgehead atoms. The van der Waals surface area contributed by atoms with Gasteiger partial charge in [0.15, 0.2) is 0 Å². The number of rotatable bonds is 5. The second-order valence-corrected chi connectivity index (χ2v) is 6.71. The predicted molar refractivity (Wildman–Crippen MR) is 80.4 cm³/mol. The molecule has 2 aliphatic rings. The predicted octanol–water partition coefficient (Wildman–Crippen LogP) is 3.83. The molecule has 2 fully saturated rings. The summed E-state index contributed by atoms with van der Waals surface area (Å²) in [6.45, 7) is 6.69. The van der Waals surface area contributed by atoms with E-state index in [0.717, 1.165) is 13.2 Å². The molecule has 3 heteroatoms. The van der Waals surface area contributed by atoms with E-state index >= 15 is 0 Å². The number of hydrogen-bond acceptors (Lipinski definition) is 2. The van der Waals surface area contributed by atoms with Crippen molar-refractivity contribution in [3.63, 3.8) is 0 Å². The Labute approximate surface area is 121 Å². The van der Waals surface area contributed by atoms with Crippen LogP contribution in [0.15, 0.2) is 0 Å². The average molecular weight is 318 g/mol. The van der Waals surface area contributed by atoms with Crippen LogP contribution in [0.5, 0.6) is 0 Å². The van der Waals surface area contributed by atoms with Gasteiger partial charge in [-0.2, -0.15) is 0 Å². The molecule has 1 aliphatic carbocycles. The van der Waals surface area contributed by atoms with Crippen molar-refractivity contribution in [1.82, 2.24) is 4.90 Å². The molecule has 1 heterocycles. The zero-order valence-electron chi connectivity index (χ0n) is 11.8. The Kier molecular flexibility index (Phi) is 5.96. The number of alkyl halides is 1. The van der Waals surface area contributed by atoms with Gasteiger partial charge in [0.25, 0.3) is 0 Å². The van der Waals surface area contributed by atoms with Gasteiger partial charge in [0.1, 0.15) is 0 Å². The van der Waals surface area contributed by atoms with E-state index in [1.54, 1.807) is 0 Å². The minimum atomic E-state index is 0.486. The molecule has 0 spiro atoms. The van der Waals surface area contributed by atoms with E-state index in [9.17, 15) is 0 Å². The second kappa shape index (κ2) is 7.25. The fraction of sp³-hybridized carbons (Fsp3) is 1.00. The number of hydrogen-bond donors (Lipinski definition) is 0. The highest BCUT2D eigenvalue weighted by atomic mass is 79.9. The lowest BCUT2D eigenvalue weighted by Gasteiger charge is -2.42. The van der Waals surface area contributed by atoms with E-state index in [4.69, 9.17) is 4.74 Å². The molecule has 106 valence electrons. The van der Waals surface area contributed by atoms with Crippen molar-refractivity contribution in [2.45, 2.75) is 58.0 Å². The van der Waals surface area contributed by atoms with Crippen LogP contribution < -0.4 is 0 Å². The van der Waals surface area contributed by atoms with Crippen LogP contribution in [0.4, 0.5) is 0 Å². The quantitative estimate of drug-likeness (QED) is 0.714. The zero-order valence-corrected chi connectivity index (χ0v) is 13.4. The fourth-order valence-electron chi connectivity index (χ4n) is 3.64. The summed E-state index contributed by atoms with van der Waals surface area (Å²) in [6.07, 6.45) is 10.2. The maximum absolute atomic E-state index is 5.82. The molecular weight excluding hydrogens is 290 g/mol. The zero-order chi connectivity index (χ0) is 12.8. The SMILES string of the molecule is CCOC1CCCN(CC2(CBr)CCCCC2)C1. The largest absolute Gasteiger partial charge is 0.377 e. The van der Waals surface area contributed by atoms with Crippen LogP contribution in [0.25, 0.3) is 0 Å². The van der Waals surface area contributed by atoms with Gasteiger partial charge in [-0.1, -0.05) is 35.2 Å². The average Bonchev–Trinajstić information content (AvgIpc) is 2.41. The summed E-state index contributed by atoms with van der Waals surface area (Å²) in [4.78, 5) is 2.66. The lowest BCUT2D eigenvalue weighted by Crippen LogP contribution is -2.46. The Morgan fingerprint density at radius 2 is 2.00 bits per heavy atom. The Hall–Kier alpha value is 0.400. The van der Waals surface area contributed by atoms with Crippen LogP contribution in [-0.2, 0) is 4.74 Å². The second-order valence-electron chi connectivity index (χ2n) is 6.15. The van der Waals surface area contributed by atoms with Crippen LogP contribution in [0.2, 0.25) is 0 Å². The van der Waals surface area contributed by atoms with E-state index in [1.165, 1.54) is 63.4 Å². The minimum absolute atomic E-state index is 0.486. The molecule has 1 atom stereocenters. The molecule has 0 amide bonds. The van der Waals surface area contributed by atoms with E-state index in [2.05, 4.69) is 27.8 Å². The normalized spacial score (nSPS) is 29.3. The van der Waals surface area contributed by atoms with Crippen molar-refractivity contribution < 1.29 is 4.74 Å². The molecular formula is C15H28BrNO. The molecule has 0 radical (unpaired) electrons.